The summed E-state index contributed by atoms with van der Waals surface area (Å²) in [6.07, 6.45) is 6.11. The number of carbonyl (C=O) groups is 1. The molecule has 2 aromatic rings. The van der Waals surface area contributed by atoms with E-state index in [4.69, 9.17) is 0 Å². The Morgan fingerprint density at radius 3 is 3.05 bits per heavy atom. The SMILES string of the molecule is O=C(NCc1nnc2n1CCCCC2)Nc1ccccn1. The van der Waals surface area contributed by atoms with Crippen molar-refractivity contribution in [2.75, 3.05) is 5.32 Å². The van der Waals surface area contributed by atoms with Crippen LogP contribution in [0, 0.1) is 0 Å². The van der Waals surface area contributed by atoms with Gasteiger partial charge in [-0.25, -0.2) is 9.78 Å². The van der Waals surface area contributed by atoms with Gasteiger partial charge in [0.2, 0.25) is 0 Å². The smallest absolute Gasteiger partial charge is 0.320 e. The van der Waals surface area contributed by atoms with E-state index in [1.807, 2.05) is 6.07 Å². The summed E-state index contributed by atoms with van der Waals surface area (Å²) >= 11 is 0. The fourth-order valence-electron chi connectivity index (χ4n) is 2.43. The summed E-state index contributed by atoms with van der Waals surface area (Å²) in [5.74, 6) is 2.35. The molecule has 21 heavy (non-hydrogen) atoms. The average Bonchev–Trinajstić information content (AvgIpc) is 2.73. The second kappa shape index (κ2) is 6.34. The van der Waals surface area contributed by atoms with Gasteiger partial charge in [-0.15, -0.1) is 10.2 Å². The molecule has 3 rings (SSSR count). The predicted octanol–water partition coefficient (Wildman–Crippen LogP) is 1.72. The number of carbonyl (C=O) groups excluding carboxylic acids is 1. The zero-order chi connectivity index (χ0) is 14.5. The third kappa shape index (κ3) is 3.36. The molecule has 0 aromatic carbocycles. The van der Waals surface area contributed by atoms with Crippen LogP contribution in [-0.4, -0.2) is 25.8 Å². The summed E-state index contributed by atoms with van der Waals surface area (Å²) < 4.78 is 2.12. The van der Waals surface area contributed by atoms with Gasteiger partial charge >= 0.3 is 6.03 Å². The number of nitrogens with zero attached hydrogens (tertiary/aromatic N) is 4. The first kappa shape index (κ1) is 13.5. The first-order chi connectivity index (χ1) is 10.3. The van der Waals surface area contributed by atoms with Crippen molar-refractivity contribution in [3.63, 3.8) is 0 Å². The fourth-order valence-corrected chi connectivity index (χ4v) is 2.43. The molecule has 0 spiro atoms. The van der Waals surface area contributed by atoms with Crippen LogP contribution in [0.2, 0.25) is 0 Å². The molecule has 0 radical (unpaired) electrons. The van der Waals surface area contributed by atoms with Gasteiger partial charge in [0.05, 0.1) is 6.54 Å². The Labute approximate surface area is 122 Å². The minimum Gasteiger partial charge on any atom is -0.331 e. The molecule has 2 aromatic heterocycles. The van der Waals surface area contributed by atoms with E-state index in [1.54, 1.807) is 18.3 Å². The van der Waals surface area contributed by atoms with Crippen LogP contribution in [-0.2, 0) is 19.5 Å². The van der Waals surface area contributed by atoms with E-state index in [0.717, 1.165) is 37.5 Å². The van der Waals surface area contributed by atoms with E-state index < -0.39 is 0 Å². The number of urea groups is 1. The molecule has 1 aliphatic rings. The number of fused-ring (bicyclic) bond motifs is 1. The number of amides is 2. The second-order valence-electron chi connectivity index (χ2n) is 5.02. The standard InChI is InChI=1S/C14H18N6O/c21-14(17-11-6-3-4-8-15-11)16-10-13-19-18-12-7-2-1-5-9-20(12)13/h3-4,6,8H,1-2,5,7,9-10H2,(H2,15,16,17,21). The van der Waals surface area contributed by atoms with E-state index in [1.165, 1.54) is 6.42 Å². The molecule has 110 valence electrons. The van der Waals surface area contributed by atoms with Gasteiger partial charge in [0.1, 0.15) is 11.6 Å². The minimum atomic E-state index is -0.292. The first-order valence-electron chi connectivity index (χ1n) is 7.20. The third-order valence-electron chi connectivity index (χ3n) is 3.50. The molecular weight excluding hydrogens is 268 g/mol. The molecule has 7 heteroatoms. The fraction of sp³-hybridized carbons (Fsp3) is 0.429. The highest BCUT2D eigenvalue weighted by molar-refractivity contribution is 5.87. The van der Waals surface area contributed by atoms with Gasteiger partial charge < -0.3 is 9.88 Å². The highest BCUT2D eigenvalue weighted by atomic mass is 16.2. The van der Waals surface area contributed by atoms with Crippen molar-refractivity contribution in [1.82, 2.24) is 25.1 Å². The van der Waals surface area contributed by atoms with Gasteiger partial charge in [-0.2, -0.15) is 0 Å². The maximum Gasteiger partial charge on any atom is 0.320 e. The highest BCUT2D eigenvalue weighted by Gasteiger charge is 2.15. The van der Waals surface area contributed by atoms with Crippen molar-refractivity contribution < 1.29 is 4.79 Å². The van der Waals surface area contributed by atoms with Crippen molar-refractivity contribution in [1.29, 1.82) is 0 Å². The molecule has 7 nitrogen and oxygen atoms in total. The number of pyridine rings is 1. The Morgan fingerprint density at radius 2 is 2.19 bits per heavy atom. The van der Waals surface area contributed by atoms with Crippen LogP contribution < -0.4 is 10.6 Å². The number of aromatic nitrogens is 4. The van der Waals surface area contributed by atoms with Gasteiger partial charge in [0, 0.05) is 19.2 Å². The number of aryl methyl sites for hydroxylation is 1. The minimum absolute atomic E-state index is 0.292. The summed E-state index contributed by atoms with van der Waals surface area (Å²) in [6, 6.07) is 5.07. The van der Waals surface area contributed by atoms with Crippen LogP contribution >= 0.6 is 0 Å². The van der Waals surface area contributed by atoms with E-state index >= 15 is 0 Å². The normalized spacial score (nSPS) is 14.1. The van der Waals surface area contributed by atoms with Crippen LogP contribution in [0.3, 0.4) is 0 Å². The maximum absolute atomic E-state index is 11.8. The van der Waals surface area contributed by atoms with Crippen LogP contribution in [0.15, 0.2) is 24.4 Å². The Kier molecular flexibility index (Phi) is 4.09. The van der Waals surface area contributed by atoms with Crippen molar-refractivity contribution in [2.45, 2.75) is 38.8 Å². The van der Waals surface area contributed by atoms with Gasteiger partial charge in [-0.05, 0) is 25.0 Å². The van der Waals surface area contributed by atoms with Crippen molar-refractivity contribution in [3.8, 4) is 0 Å². The van der Waals surface area contributed by atoms with Crippen LogP contribution in [0.4, 0.5) is 10.6 Å². The molecule has 2 amide bonds. The number of anilines is 1. The number of nitrogens with one attached hydrogen (secondary N) is 2. The molecule has 3 heterocycles. The number of rotatable bonds is 3. The Hall–Kier alpha value is -2.44. The molecule has 2 N–H and O–H groups in total. The van der Waals surface area contributed by atoms with Crippen molar-refractivity contribution in [2.24, 2.45) is 0 Å². The van der Waals surface area contributed by atoms with Crippen molar-refractivity contribution in [3.05, 3.63) is 36.0 Å². The molecule has 0 unspecified atom stereocenters. The van der Waals surface area contributed by atoms with Crippen LogP contribution in [0.5, 0.6) is 0 Å². The molecular formula is C14H18N6O. The van der Waals surface area contributed by atoms with Crippen molar-refractivity contribution >= 4 is 11.8 Å². The zero-order valence-corrected chi connectivity index (χ0v) is 11.7. The van der Waals surface area contributed by atoms with E-state index in [-0.39, 0.29) is 6.03 Å². The quantitative estimate of drug-likeness (QED) is 0.899. The summed E-state index contributed by atoms with van der Waals surface area (Å²) in [7, 11) is 0. The Balaban J connectivity index is 1.58. The predicted molar refractivity (Wildman–Crippen MR) is 77.7 cm³/mol. The van der Waals surface area contributed by atoms with E-state index in [9.17, 15) is 4.79 Å². The Morgan fingerprint density at radius 1 is 1.24 bits per heavy atom. The summed E-state index contributed by atoms with van der Waals surface area (Å²) in [5.41, 5.74) is 0. The maximum atomic E-state index is 11.8. The number of hydrogen-bond acceptors (Lipinski definition) is 4. The number of hydrogen-bond donors (Lipinski definition) is 2. The molecule has 0 saturated carbocycles. The Bertz CT molecular complexity index is 609. The molecule has 0 bridgehead atoms. The zero-order valence-electron chi connectivity index (χ0n) is 11.7. The summed E-state index contributed by atoms with van der Waals surface area (Å²) in [6.45, 7) is 1.30. The molecule has 0 aliphatic carbocycles. The lowest BCUT2D eigenvalue weighted by Gasteiger charge is -2.09. The topological polar surface area (TPSA) is 84.7 Å². The molecule has 0 fully saturated rings. The van der Waals surface area contributed by atoms with E-state index in [2.05, 4.69) is 30.4 Å². The lowest BCUT2D eigenvalue weighted by atomic mass is 10.2. The van der Waals surface area contributed by atoms with Crippen LogP contribution in [0.25, 0.3) is 0 Å². The molecule has 0 saturated heterocycles. The van der Waals surface area contributed by atoms with Gasteiger partial charge in [0.25, 0.3) is 0 Å². The van der Waals surface area contributed by atoms with Gasteiger partial charge in [-0.1, -0.05) is 12.5 Å². The largest absolute Gasteiger partial charge is 0.331 e. The first-order valence-corrected chi connectivity index (χ1v) is 7.20. The van der Waals surface area contributed by atoms with Crippen LogP contribution in [0.1, 0.15) is 30.9 Å². The monoisotopic (exact) mass is 286 g/mol. The average molecular weight is 286 g/mol. The summed E-state index contributed by atoms with van der Waals surface area (Å²) in [4.78, 5) is 15.9. The van der Waals surface area contributed by atoms with Gasteiger partial charge in [-0.3, -0.25) is 5.32 Å². The lowest BCUT2D eigenvalue weighted by Crippen LogP contribution is -2.29. The second-order valence-corrected chi connectivity index (χ2v) is 5.02. The molecule has 0 atom stereocenters. The molecule has 1 aliphatic heterocycles. The highest BCUT2D eigenvalue weighted by Crippen LogP contribution is 2.14. The summed E-state index contributed by atoms with van der Waals surface area (Å²) in [5, 5.41) is 13.8. The van der Waals surface area contributed by atoms with Gasteiger partial charge in [0.15, 0.2) is 5.82 Å². The lowest BCUT2D eigenvalue weighted by molar-refractivity contribution is 0.251. The van der Waals surface area contributed by atoms with E-state index in [0.29, 0.717) is 12.4 Å². The third-order valence-corrected chi connectivity index (χ3v) is 3.50.